The monoisotopic (exact) mass is 296 g/mol. The molecule has 114 valence electrons. The summed E-state index contributed by atoms with van der Waals surface area (Å²) in [7, 11) is 1.69. The molecule has 10 heteroatoms. The molecule has 5 N–H and O–H groups in total. The van der Waals surface area contributed by atoms with Crippen molar-refractivity contribution in [3.63, 3.8) is 0 Å². The summed E-state index contributed by atoms with van der Waals surface area (Å²) in [5.41, 5.74) is 6.50. The van der Waals surface area contributed by atoms with E-state index in [1.807, 2.05) is 0 Å². The maximum absolute atomic E-state index is 10.1. The third kappa shape index (κ3) is 2.22. The van der Waals surface area contributed by atoms with Crippen LogP contribution in [0.5, 0.6) is 0 Å². The van der Waals surface area contributed by atoms with Crippen LogP contribution in [0.4, 0.5) is 5.82 Å². The summed E-state index contributed by atoms with van der Waals surface area (Å²) in [6.07, 6.45) is -1.29. The van der Waals surface area contributed by atoms with Gasteiger partial charge in [0.2, 0.25) is 0 Å². The zero-order valence-corrected chi connectivity index (χ0v) is 11.2. The first-order valence-electron chi connectivity index (χ1n) is 6.40. The van der Waals surface area contributed by atoms with Crippen LogP contribution in [0, 0.1) is 0 Å². The van der Waals surface area contributed by atoms with E-state index >= 15 is 0 Å². The summed E-state index contributed by atoms with van der Waals surface area (Å²) in [6, 6.07) is 0. The van der Waals surface area contributed by atoms with Gasteiger partial charge in [0.1, 0.15) is 24.6 Å². The van der Waals surface area contributed by atoms with E-state index in [0.29, 0.717) is 17.0 Å². The summed E-state index contributed by atoms with van der Waals surface area (Å²) in [5, 5.41) is 29.0. The van der Waals surface area contributed by atoms with Gasteiger partial charge in [-0.1, -0.05) is 0 Å². The van der Waals surface area contributed by atoms with E-state index in [4.69, 9.17) is 9.84 Å². The molecule has 1 aliphatic heterocycles. The Morgan fingerprint density at radius 3 is 2.76 bits per heavy atom. The minimum atomic E-state index is -1.18. The number of aromatic nitrogens is 4. The molecule has 2 aromatic heterocycles. The smallest absolute Gasteiger partial charge is 0.171 e. The van der Waals surface area contributed by atoms with Crippen molar-refractivity contribution in [3.05, 3.63) is 12.7 Å². The van der Waals surface area contributed by atoms with Gasteiger partial charge in [-0.2, -0.15) is 0 Å². The quantitative estimate of drug-likeness (QED) is 0.405. The van der Waals surface area contributed by atoms with Crippen LogP contribution in [0.2, 0.25) is 0 Å². The average molecular weight is 296 g/mol. The van der Waals surface area contributed by atoms with Crippen molar-refractivity contribution in [2.45, 2.75) is 24.5 Å². The first-order valence-corrected chi connectivity index (χ1v) is 6.40. The number of hydrazine groups is 1. The highest BCUT2D eigenvalue weighted by atomic mass is 16.6. The highest BCUT2D eigenvalue weighted by molar-refractivity contribution is 5.82. The van der Waals surface area contributed by atoms with Crippen LogP contribution in [0.15, 0.2) is 12.7 Å². The number of fused-ring (bicyclic) bond motifs is 1. The standard InChI is InChI=1S/C11H16N6O4/c1-12-16-9-6-10(14-3-13-9)17(4-15-6)11-8(20)7(19)5(2-18)21-11/h3-5,7-8,11-12,18-20H,2H2,1H3,(H,13,14,16). The Hall–Kier alpha value is -1.85. The van der Waals surface area contributed by atoms with Crippen LogP contribution < -0.4 is 10.9 Å². The second kappa shape index (κ2) is 5.50. The van der Waals surface area contributed by atoms with Crippen molar-refractivity contribution in [1.29, 1.82) is 0 Å². The summed E-state index contributed by atoms with van der Waals surface area (Å²) in [4.78, 5) is 12.4. The molecule has 21 heavy (non-hydrogen) atoms. The van der Waals surface area contributed by atoms with Gasteiger partial charge in [0, 0.05) is 7.05 Å². The minimum absolute atomic E-state index is 0.386. The fraction of sp³-hybridized carbons (Fsp3) is 0.545. The number of nitrogens with one attached hydrogen (secondary N) is 2. The summed E-state index contributed by atoms with van der Waals surface area (Å²) < 4.78 is 6.97. The Morgan fingerprint density at radius 2 is 2.10 bits per heavy atom. The van der Waals surface area contributed by atoms with E-state index in [0.717, 1.165) is 0 Å². The number of rotatable bonds is 4. The molecule has 0 radical (unpaired) electrons. The Kier molecular flexibility index (Phi) is 3.69. The van der Waals surface area contributed by atoms with E-state index in [1.54, 1.807) is 7.05 Å². The molecule has 0 spiro atoms. The van der Waals surface area contributed by atoms with E-state index in [2.05, 4.69) is 25.8 Å². The molecule has 0 aromatic carbocycles. The summed E-state index contributed by atoms with van der Waals surface area (Å²) in [6.45, 7) is -0.386. The molecule has 0 aliphatic carbocycles. The van der Waals surface area contributed by atoms with Gasteiger partial charge in [0.05, 0.1) is 12.9 Å². The van der Waals surface area contributed by atoms with Gasteiger partial charge in [-0.15, -0.1) is 0 Å². The second-order valence-electron chi connectivity index (χ2n) is 4.65. The van der Waals surface area contributed by atoms with Crippen LogP contribution >= 0.6 is 0 Å². The Bertz CT molecular complexity index is 634. The molecule has 2 aromatic rings. The number of hydrogen-bond donors (Lipinski definition) is 5. The van der Waals surface area contributed by atoms with Gasteiger partial charge in [-0.25, -0.2) is 20.4 Å². The molecule has 1 fully saturated rings. The number of nitrogens with zero attached hydrogens (tertiary/aromatic N) is 4. The SMILES string of the molecule is CNNc1ncnc2c1ncn2C1OC(CO)C(O)C1O. The fourth-order valence-corrected chi connectivity index (χ4v) is 2.36. The van der Waals surface area contributed by atoms with Crippen LogP contribution in [-0.4, -0.2) is 66.8 Å². The van der Waals surface area contributed by atoms with Crippen LogP contribution in [-0.2, 0) is 4.74 Å². The second-order valence-corrected chi connectivity index (χ2v) is 4.65. The molecule has 1 aliphatic rings. The van der Waals surface area contributed by atoms with E-state index < -0.39 is 24.5 Å². The Labute approximate surface area is 119 Å². The molecule has 0 bridgehead atoms. The maximum atomic E-state index is 10.1. The molecular weight excluding hydrogens is 280 g/mol. The first kappa shape index (κ1) is 14.1. The summed E-state index contributed by atoms with van der Waals surface area (Å²) >= 11 is 0. The lowest BCUT2D eigenvalue weighted by molar-refractivity contribution is -0.0511. The van der Waals surface area contributed by atoms with Crippen LogP contribution in [0.1, 0.15) is 6.23 Å². The number of aliphatic hydroxyl groups excluding tert-OH is 3. The number of aliphatic hydroxyl groups is 3. The third-order valence-electron chi connectivity index (χ3n) is 3.39. The lowest BCUT2D eigenvalue weighted by Crippen LogP contribution is -2.33. The largest absolute Gasteiger partial charge is 0.394 e. The number of anilines is 1. The van der Waals surface area contributed by atoms with Crippen molar-refractivity contribution in [3.8, 4) is 0 Å². The topological polar surface area (TPSA) is 138 Å². The lowest BCUT2D eigenvalue weighted by Gasteiger charge is -2.16. The van der Waals surface area contributed by atoms with E-state index in [-0.39, 0.29) is 6.61 Å². The minimum Gasteiger partial charge on any atom is -0.394 e. The fourth-order valence-electron chi connectivity index (χ4n) is 2.36. The number of hydrogen-bond acceptors (Lipinski definition) is 9. The normalized spacial score (nSPS) is 29.1. The lowest BCUT2D eigenvalue weighted by atomic mass is 10.1. The Balaban J connectivity index is 2.00. The summed E-state index contributed by atoms with van der Waals surface area (Å²) in [5.74, 6) is 0.480. The van der Waals surface area contributed by atoms with Gasteiger partial charge >= 0.3 is 0 Å². The average Bonchev–Trinajstić information content (AvgIpc) is 3.03. The highest BCUT2D eigenvalue weighted by Crippen LogP contribution is 2.31. The van der Waals surface area contributed by atoms with Crippen molar-refractivity contribution >= 4 is 17.0 Å². The molecule has 4 atom stereocenters. The number of ether oxygens (including phenoxy) is 1. The third-order valence-corrected chi connectivity index (χ3v) is 3.39. The van der Waals surface area contributed by atoms with Gasteiger partial charge < -0.3 is 25.5 Å². The van der Waals surface area contributed by atoms with Gasteiger partial charge in [-0.05, 0) is 0 Å². The van der Waals surface area contributed by atoms with Crippen LogP contribution in [0.3, 0.4) is 0 Å². The van der Waals surface area contributed by atoms with Gasteiger partial charge in [0.15, 0.2) is 23.2 Å². The van der Waals surface area contributed by atoms with Gasteiger partial charge in [-0.3, -0.25) is 4.57 Å². The van der Waals surface area contributed by atoms with E-state index in [9.17, 15) is 10.2 Å². The Morgan fingerprint density at radius 1 is 1.29 bits per heavy atom. The van der Waals surface area contributed by atoms with Crippen molar-refractivity contribution in [1.82, 2.24) is 24.9 Å². The molecule has 3 heterocycles. The van der Waals surface area contributed by atoms with Crippen molar-refractivity contribution in [2.24, 2.45) is 0 Å². The zero-order valence-electron chi connectivity index (χ0n) is 11.2. The van der Waals surface area contributed by atoms with Crippen molar-refractivity contribution < 1.29 is 20.1 Å². The van der Waals surface area contributed by atoms with Crippen LogP contribution in [0.25, 0.3) is 11.2 Å². The molecular formula is C11H16N6O4. The molecule has 3 rings (SSSR count). The number of imidazole rings is 1. The maximum Gasteiger partial charge on any atom is 0.171 e. The van der Waals surface area contributed by atoms with Gasteiger partial charge in [0.25, 0.3) is 0 Å². The molecule has 1 saturated heterocycles. The molecule has 0 amide bonds. The predicted molar refractivity (Wildman–Crippen MR) is 71.0 cm³/mol. The first-order chi connectivity index (χ1) is 10.2. The van der Waals surface area contributed by atoms with Crippen molar-refractivity contribution in [2.75, 3.05) is 19.1 Å². The predicted octanol–water partition coefficient (Wildman–Crippen LogP) is -2.02. The molecule has 0 saturated carbocycles. The van der Waals surface area contributed by atoms with E-state index in [1.165, 1.54) is 17.2 Å². The zero-order chi connectivity index (χ0) is 15.0. The molecule has 4 unspecified atom stereocenters. The highest BCUT2D eigenvalue weighted by Gasteiger charge is 2.43. The molecule has 10 nitrogen and oxygen atoms in total.